The molecule has 3 heteroatoms. The maximum absolute atomic E-state index is 10.4. The van der Waals surface area contributed by atoms with Gasteiger partial charge in [-0.2, -0.15) is 0 Å². The van der Waals surface area contributed by atoms with Gasteiger partial charge < -0.3 is 9.84 Å². The molecule has 0 aliphatic heterocycles. The molecule has 0 aliphatic carbocycles. The number of benzene rings is 1. The fourth-order valence-electron chi connectivity index (χ4n) is 1.42. The lowest BCUT2D eigenvalue weighted by Crippen LogP contribution is -1.91. The molecule has 1 N–H and O–H groups in total. The third-order valence-electron chi connectivity index (χ3n) is 2.29. The first-order chi connectivity index (χ1) is 7.67. The second-order valence-corrected chi connectivity index (χ2v) is 3.43. The van der Waals surface area contributed by atoms with E-state index in [4.69, 9.17) is 9.84 Å². The number of hydrogen-bond donors (Lipinski definition) is 1. The van der Waals surface area contributed by atoms with Gasteiger partial charge in [0.25, 0.3) is 0 Å². The maximum Gasteiger partial charge on any atom is 0.307 e. The van der Waals surface area contributed by atoms with E-state index < -0.39 is 5.97 Å². The number of hydrogen-bond acceptors (Lipinski definition) is 2. The summed E-state index contributed by atoms with van der Waals surface area (Å²) in [7, 11) is 1.61. The van der Waals surface area contributed by atoms with Gasteiger partial charge in [0.2, 0.25) is 0 Å². The highest BCUT2D eigenvalue weighted by Gasteiger charge is 2.00. The maximum atomic E-state index is 10.4. The van der Waals surface area contributed by atoms with Crippen molar-refractivity contribution in [2.45, 2.75) is 19.8 Å². The quantitative estimate of drug-likeness (QED) is 0.829. The van der Waals surface area contributed by atoms with Crippen molar-refractivity contribution < 1.29 is 14.6 Å². The first-order valence-corrected chi connectivity index (χ1v) is 5.22. The predicted molar refractivity (Wildman–Crippen MR) is 63.7 cm³/mol. The van der Waals surface area contributed by atoms with Crippen molar-refractivity contribution in [3.05, 3.63) is 35.4 Å². The van der Waals surface area contributed by atoms with Crippen LogP contribution in [0.5, 0.6) is 5.75 Å². The fourth-order valence-corrected chi connectivity index (χ4v) is 1.42. The van der Waals surface area contributed by atoms with Crippen molar-refractivity contribution in [1.82, 2.24) is 0 Å². The van der Waals surface area contributed by atoms with Crippen LogP contribution in [0, 0.1) is 0 Å². The van der Waals surface area contributed by atoms with Crippen LogP contribution in [-0.2, 0) is 11.2 Å². The van der Waals surface area contributed by atoms with Crippen LogP contribution in [-0.4, -0.2) is 18.2 Å². The van der Waals surface area contributed by atoms with Gasteiger partial charge in [-0.05, 0) is 24.1 Å². The Morgan fingerprint density at radius 1 is 1.50 bits per heavy atom. The molecule has 0 aromatic heterocycles. The molecule has 16 heavy (non-hydrogen) atoms. The van der Waals surface area contributed by atoms with Crippen molar-refractivity contribution in [2.75, 3.05) is 7.11 Å². The van der Waals surface area contributed by atoms with Gasteiger partial charge in [-0.3, -0.25) is 4.79 Å². The molecular formula is C13H16O3. The third-order valence-corrected chi connectivity index (χ3v) is 2.29. The summed E-state index contributed by atoms with van der Waals surface area (Å²) in [5.41, 5.74) is 2.12. The second-order valence-electron chi connectivity index (χ2n) is 3.43. The first kappa shape index (κ1) is 12.3. The Hall–Kier alpha value is -1.77. The molecule has 3 nitrogen and oxygen atoms in total. The van der Waals surface area contributed by atoms with Crippen molar-refractivity contribution >= 4 is 12.0 Å². The van der Waals surface area contributed by atoms with Gasteiger partial charge in [0.15, 0.2) is 0 Å². The standard InChI is InChI=1S/C13H16O3/c1-3-10-7-8-12(16-2)11(9-10)5-4-6-13(14)15/h4-5,7-9H,3,6H2,1-2H3,(H,14,15)/b5-4+. The number of aryl methyl sites for hydroxylation is 1. The highest BCUT2D eigenvalue weighted by Crippen LogP contribution is 2.21. The number of aliphatic carboxylic acids is 1. The van der Waals surface area contributed by atoms with Crippen LogP contribution >= 0.6 is 0 Å². The Kier molecular flexibility index (Phi) is 4.58. The average molecular weight is 220 g/mol. The number of methoxy groups -OCH3 is 1. The summed E-state index contributed by atoms with van der Waals surface area (Å²) in [5.74, 6) is -0.0688. The molecule has 0 spiro atoms. The predicted octanol–water partition coefficient (Wildman–Crippen LogP) is 2.75. The largest absolute Gasteiger partial charge is 0.496 e. The second kappa shape index (κ2) is 5.95. The zero-order valence-corrected chi connectivity index (χ0v) is 9.56. The van der Waals surface area contributed by atoms with E-state index >= 15 is 0 Å². The molecule has 0 unspecified atom stereocenters. The Morgan fingerprint density at radius 3 is 2.81 bits per heavy atom. The Bertz CT molecular complexity index is 394. The third kappa shape index (κ3) is 3.42. The minimum Gasteiger partial charge on any atom is -0.496 e. The van der Waals surface area contributed by atoms with Crippen LogP contribution in [0.25, 0.3) is 6.08 Å². The summed E-state index contributed by atoms with van der Waals surface area (Å²) in [5, 5.41) is 8.54. The SMILES string of the molecule is CCc1ccc(OC)c(/C=C/CC(=O)O)c1. The monoisotopic (exact) mass is 220 g/mol. The van der Waals surface area contributed by atoms with E-state index in [1.54, 1.807) is 19.3 Å². The van der Waals surface area contributed by atoms with Gasteiger partial charge in [0.1, 0.15) is 5.75 Å². The topological polar surface area (TPSA) is 46.5 Å². The number of rotatable bonds is 5. The molecule has 0 saturated carbocycles. The minimum absolute atomic E-state index is 0.0273. The molecule has 0 aliphatic rings. The normalized spacial score (nSPS) is 10.6. The van der Waals surface area contributed by atoms with E-state index in [9.17, 15) is 4.79 Å². The highest BCUT2D eigenvalue weighted by molar-refractivity contribution is 5.71. The van der Waals surface area contributed by atoms with Crippen molar-refractivity contribution in [2.24, 2.45) is 0 Å². The number of carbonyl (C=O) groups is 1. The van der Waals surface area contributed by atoms with Crippen LogP contribution in [0.1, 0.15) is 24.5 Å². The molecule has 0 saturated heterocycles. The number of ether oxygens (including phenoxy) is 1. The van der Waals surface area contributed by atoms with Gasteiger partial charge in [-0.1, -0.05) is 25.1 Å². The molecule has 1 aromatic carbocycles. The lowest BCUT2D eigenvalue weighted by atomic mass is 10.1. The Labute approximate surface area is 95.4 Å². The van der Waals surface area contributed by atoms with E-state index in [1.807, 2.05) is 18.2 Å². The average Bonchev–Trinajstić information content (AvgIpc) is 2.28. The summed E-state index contributed by atoms with van der Waals surface area (Å²) >= 11 is 0. The molecule has 1 aromatic rings. The summed E-state index contributed by atoms with van der Waals surface area (Å²) < 4.78 is 5.20. The van der Waals surface area contributed by atoms with E-state index in [0.717, 1.165) is 17.7 Å². The van der Waals surface area contributed by atoms with Crippen LogP contribution < -0.4 is 4.74 Å². The van der Waals surface area contributed by atoms with Gasteiger partial charge >= 0.3 is 5.97 Å². The Balaban J connectivity index is 2.90. The molecule has 1 rings (SSSR count). The van der Waals surface area contributed by atoms with E-state index in [2.05, 4.69) is 6.92 Å². The zero-order valence-electron chi connectivity index (χ0n) is 9.56. The molecule has 0 atom stereocenters. The van der Waals surface area contributed by atoms with Crippen molar-refractivity contribution in [3.63, 3.8) is 0 Å². The fraction of sp³-hybridized carbons (Fsp3) is 0.308. The van der Waals surface area contributed by atoms with Crippen LogP contribution in [0.15, 0.2) is 24.3 Å². The Morgan fingerprint density at radius 2 is 2.25 bits per heavy atom. The first-order valence-electron chi connectivity index (χ1n) is 5.22. The molecule has 0 radical (unpaired) electrons. The lowest BCUT2D eigenvalue weighted by molar-refractivity contribution is -0.135. The van der Waals surface area contributed by atoms with Crippen LogP contribution in [0.2, 0.25) is 0 Å². The van der Waals surface area contributed by atoms with Crippen molar-refractivity contribution in [3.8, 4) is 5.75 Å². The molecule has 0 bridgehead atoms. The summed E-state index contributed by atoms with van der Waals surface area (Å²) in [6.45, 7) is 2.08. The van der Waals surface area contributed by atoms with Gasteiger partial charge in [0.05, 0.1) is 13.5 Å². The van der Waals surface area contributed by atoms with E-state index in [-0.39, 0.29) is 6.42 Å². The summed E-state index contributed by atoms with van der Waals surface area (Å²) in [4.78, 5) is 10.4. The summed E-state index contributed by atoms with van der Waals surface area (Å²) in [6.07, 6.45) is 4.38. The number of carboxylic acids is 1. The van der Waals surface area contributed by atoms with Crippen molar-refractivity contribution in [1.29, 1.82) is 0 Å². The van der Waals surface area contributed by atoms with Gasteiger partial charge in [-0.25, -0.2) is 0 Å². The van der Waals surface area contributed by atoms with Gasteiger partial charge in [0, 0.05) is 5.56 Å². The van der Waals surface area contributed by atoms with Gasteiger partial charge in [-0.15, -0.1) is 0 Å². The summed E-state index contributed by atoms with van der Waals surface area (Å²) in [6, 6.07) is 5.92. The minimum atomic E-state index is -0.832. The molecule has 0 fully saturated rings. The highest BCUT2D eigenvalue weighted by atomic mass is 16.5. The smallest absolute Gasteiger partial charge is 0.307 e. The number of carboxylic acid groups (broad SMARTS) is 1. The van der Waals surface area contributed by atoms with E-state index in [1.165, 1.54) is 5.56 Å². The molecular weight excluding hydrogens is 204 g/mol. The zero-order chi connectivity index (χ0) is 12.0. The lowest BCUT2D eigenvalue weighted by Gasteiger charge is -2.06. The van der Waals surface area contributed by atoms with Crippen LogP contribution in [0.3, 0.4) is 0 Å². The molecule has 86 valence electrons. The van der Waals surface area contributed by atoms with E-state index in [0.29, 0.717) is 0 Å². The molecule has 0 heterocycles. The van der Waals surface area contributed by atoms with Crippen LogP contribution in [0.4, 0.5) is 0 Å². The molecule has 0 amide bonds.